The Kier molecular flexibility index (Phi) is 6.35. The Morgan fingerprint density at radius 3 is 2.64 bits per heavy atom. The van der Waals surface area contributed by atoms with Crippen molar-refractivity contribution in [1.29, 1.82) is 0 Å². The van der Waals surface area contributed by atoms with Crippen molar-refractivity contribution in [1.82, 2.24) is 4.98 Å². The zero-order valence-corrected chi connectivity index (χ0v) is 15.5. The lowest BCUT2D eigenvalue weighted by atomic mass is 10.3. The van der Waals surface area contributed by atoms with Gasteiger partial charge in [-0.25, -0.2) is 9.78 Å². The number of hydrogen-bond donors (Lipinski definition) is 2. The number of carbonyl (C=O) groups excluding carboxylic acids is 3. The van der Waals surface area contributed by atoms with Crippen LogP contribution < -0.4 is 10.6 Å². The average molecular weight is 402 g/mol. The summed E-state index contributed by atoms with van der Waals surface area (Å²) in [6, 6.07) is 4.60. The van der Waals surface area contributed by atoms with Crippen LogP contribution in [0.25, 0.3) is 0 Å². The lowest BCUT2D eigenvalue weighted by Gasteiger charge is -2.13. The molecule has 1 aromatic heterocycles. The van der Waals surface area contributed by atoms with Crippen LogP contribution in [0.1, 0.15) is 24.3 Å². The van der Waals surface area contributed by atoms with Gasteiger partial charge in [0.15, 0.2) is 16.9 Å². The Labute approximate surface area is 157 Å². The maximum absolute atomic E-state index is 12.1. The summed E-state index contributed by atoms with van der Waals surface area (Å²) >= 11 is 12.9. The number of aromatic nitrogens is 1. The molecule has 0 saturated heterocycles. The fourth-order valence-electron chi connectivity index (χ4n) is 1.68. The largest absolute Gasteiger partial charge is 0.448 e. The van der Waals surface area contributed by atoms with E-state index in [1.54, 1.807) is 6.07 Å². The molecule has 1 unspecified atom stereocenters. The third-order valence-electron chi connectivity index (χ3n) is 2.84. The predicted octanol–water partition coefficient (Wildman–Crippen LogP) is 3.59. The highest BCUT2D eigenvalue weighted by molar-refractivity contribution is 7.14. The first-order valence-corrected chi connectivity index (χ1v) is 8.60. The van der Waals surface area contributed by atoms with Crippen LogP contribution in [0.3, 0.4) is 0 Å². The summed E-state index contributed by atoms with van der Waals surface area (Å²) in [5.41, 5.74) is 0.304. The average Bonchev–Trinajstić information content (AvgIpc) is 2.98. The van der Waals surface area contributed by atoms with Gasteiger partial charge in [0.25, 0.3) is 5.91 Å². The number of thiazole rings is 1. The Hall–Kier alpha value is -2.16. The first kappa shape index (κ1) is 19.2. The number of esters is 1. The zero-order chi connectivity index (χ0) is 18.6. The van der Waals surface area contributed by atoms with Crippen molar-refractivity contribution in [3.63, 3.8) is 0 Å². The van der Waals surface area contributed by atoms with Gasteiger partial charge in [-0.1, -0.05) is 23.2 Å². The van der Waals surface area contributed by atoms with Crippen LogP contribution in [0.2, 0.25) is 10.0 Å². The fraction of sp³-hybridized carbons (Fsp3) is 0.200. The third kappa shape index (κ3) is 5.42. The van der Waals surface area contributed by atoms with Gasteiger partial charge < -0.3 is 15.4 Å². The molecule has 0 spiro atoms. The van der Waals surface area contributed by atoms with Gasteiger partial charge >= 0.3 is 5.97 Å². The standard InChI is InChI=1S/C15H13Cl2N3O4S/c1-7(13(22)19-11-5-9(16)3-4-10(11)17)24-14(23)12-6-25-15(20-12)18-8(2)21/h3-7H,1-2H3,(H,19,22)(H,18,20,21). The van der Waals surface area contributed by atoms with E-state index in [0.29, 0.717) is 15.7 Å². The molecule has 1 heterocycles. The van der Waals surface area contributed by atoms with E-state index in [2.05, 4.69) is 15.6 Å². The third-order valence-corrected chi connectivity index (χ3v) is 4.16. The zero-order valence-electron chi connectivity index (χ0n) is 13.1. The molecule has 0 bridgehead atoms. The molecule has 1 atom stereocenters. The van der Waals surface area contributed by atoms with Crippen LogP contribution in [-0.2, 0) is 14.3 Å². The molecule has 10 heteroatoms. The second kappa shape index (κ2) is 8.28. The number of hydrogen-bond acceptors (Lipinski definition) is 6. The first-order valence-electron chi connectivity index (χ1n) is 6.96. The Balaban J connectivity index is 1.98. The van der Waals surface area contributed by atoms with Crippen LogP contribution in [0.5, 0.6) is 0 Å². The van der Waals surface area contributed by atoms with Gasteiger partial charge in [-0.05, 0) is 25.1 Å². The molecule has 1 aromatic carbocycles. The van der Waals surface area contributed by atoms with E-state index in [-0.39, 0.29) is 16.7 Å². The molecule has 25 heavy (non-hydrogen) atoms. The molecule has 0 fully saturated rings. The smallest absolute Gasteiger partial charge is 0.358 e. The van der Waals surface area contributed by atoms with Gasteiger partial charge in [0.05, 0.1) is 10.7 Å². The molecule has 0 saturated carbocycles. The molecule has 7 nitrogen and oxygen atoms in total. The lowest BCUT2D eigenvalue weighted by Crippen LogP contribution is -2.30. The van der Waals surface area contributed by atoms with Crippen molar-refractivity contribution in [2.45, 2.75) is 20.0 Å². The van der Waals surface area contributed by atoms with Crippen LogP contribution >= 0.6 is 34.5 Å². The van der Waals surface area contributed by atoms with E-state index in [1.165, 1.54) is 31.4 Å². The maximum Gasteiger partial charge on any atom is 0.358 e. The summed E-state index contributed by atoms with van der Waals surface area (Å²) in [5.74, 6) is -1.66. The number of benzene rings is 1. The number of anilines is 2. The molecule has 0 aliphatic carbocycles. The van der Waals surface area contributed by atoms with E-state index in [4.69, 9.17) is 27.9 Å². The van der Waals surface area contributed by atoms with Gasteiger partial charge in [-0.3, -0.25) is 9.59 Å². The minimum Gasteiger partial charge on any atom is -0.448 e. The number of nitrogens with zero attached hydrogens (tertiary/aromatic N) is 1. The van der Waals surface area contributed by atoms with E-state index in [1.807, 2.05) is 0 Å². The summed E-state index contributed by atoms with van der Waals surface area (Å²) in [4.78, 5) is 39.0. The highest BCUT2D eigenvalue weighted by atomic mass is 35.5. The second-order valence-electron chi connectivity index (χ2n) is 4.88. The van der Waals surface area contributed by atoms with Crippen molar-refractivity contribution in [3.8, 4) is 0 Å². The van der Waals surface area contributed by atoms with Crippen molar-refractivity contribution >= 4 is 63.1 Å². The van der Waals surface area contributed by atoms with E-state index in [0.717, 1.165) is 11.3 Å². The summed E-state index contributed by atoms with van der Waals surface area (Å²) < 4.78 is 5.06. The summed E-state index contributed by atoms with van der Waals surface area (Å²) in [6.45, 7) is 2.74. The predicted molar refractivity (Wildman–Crippen MR) is 96.4 cm³/mol. The van der Waals surface area contributed by atoms with Gasteiger partial charge in [-0.2, -0.15) is 0 Å². The van der Waals surface area contributed by atoms with Crippen molar-refractivity contribution in [3.05, 3.63) is 39.3 Å². The molecule has 0 aliphatic heterocycles. The summed E-state index contributed by atoms with van der Waals surface area (Å²) in [5, 5.41) is 7.38. The van der Waals surface area contributed by atoms with Crippen molar-refractivity contribution in [2.75, 3.05) is 10.6 Å². The lowest BCUT2D eigenvalue weighted by molar-refractivity contribution is -0.123. The van der Waals surface area contributed by atoms with Gasteiger partial charge in [0.1, 0.15) is 0 Å². The molecular weight excluding hydrogens is 389 g/mol. The first-order chi connectivity index (χ1) is 11.8. The van der Waals surface area contributed by atoms with Crippen molar-refractivity contribution < 1.29 is 19.1 Å². The highest BCUT2D eigenvalue weighted by Gasteiger charge is 2.21. The van der Waals surface area contributed by atoms with E-state index >= 15 is 0 Å². The molecule has 2 aromatic rings. The minimum absolute atomic E-state index is 0.00538. The number of rotatable bonds is 5. The Morgan fingerprint density at radius 2 is 1.96 bits per heavy atom. The Bertz CT molecular complexity index is 825. The van der Waals surface area contributed by atoms with Crippen molar-refractivity contribution in [2.24, 2.45) is 0 Å². The summed E-state index contributed by atoms with van der Waals surface area (Å²) in [6.07, 6.45) is -1.09. The van der Waals surface area contributed by atoms with Crippen LogP contribution in [0, 0.1) is 0 Å². The topological polar surface area (TPSA) is 97.4 Å². The van der Waals surface area contributed by atoms with Gasteiger partial charge in [-0.15, -0.1) is 11.3 Å². The number of ether oxygens (including phenoxy) is 1. The van der Waals surface area contributed by atoms with E-state index < -0.39 is 18.0 Å². The maximum atomic E-state index is 12.1. The van der Waals surface area contributed by atoms with Gasteiger partial charge in [0, 0.05) is 17.3 Å². The quantitative estimate of drug-likeness (QED) is 0.745. The number of carbonyl (C=O) groups is 3. The Morgan fingerprint density at radius 1 is 1.24 bits per heavy atom. The number of halogens is 2. The molecule has 2 amide bonds. The van der Waals surface area contributed by atoms with Crippen LogP contribution in [0.4, 0.5) is 10.8 Å². The molecule has 132 valence electrons. The molecule has 2 rings (SSSR count). The van der Waals surface area contributed by atoms with Crippen LogP contribution in [0.15, 0.2) is 23.6 Å². The molecule has 2 N–H and O–H groups in total. The SMILES string of the molecule is CC(=O)Nc1nc(C(=O)OC(C)C(=O)Nc2cc(Cl)ccc2Cl)cs1. The second-order valence-corrected chi connectivity index (χ2v) is 6.58. The number of amides is 2. The minimum atomic E-state index is -1.09. The van der Waals surface area contributed by atoms with E-state index in [9.17, 15) is 14.4 Å². The highest BCUT2D eigenvalue weighted by Crippen LogP contribution is 2.25. The molecule has 0 radical (unpaired) electrons. The molecular formula is C15H13Cl2N3O4S. The number of nitrogens with one attached hydrogen (secondary N) is 2. The van der Waals surface area contributed by atoms with Gasteiger partial charge in [0.2, 0.25) is 5.91 Å². The monoisotopic (exact) mass is 401 g/mol. The fourth-order valence-corrected chi connectivity index (χ4v) is 2.74. The normalized spacial score (nSPS) is 11.5. The van der Waals surface area contributed by atoms with Crippen LogP contribution in [-0.4, -0.2) is 28.9 Å². The molecule has 0 aliphatic rings. The summed E-state index contributed by atoms with van der Waals surface area (Å²) in [7, 11) is 0.